The fourth-order valence-electron chi connectivity index (χ4n) is 2.72. The van der Waals surface area contributed by atoms with E-state index in [0.29, 0.717) is 17.0 Å². The molecule has 5 nitrogen and oxygen atoms in total. The minimum Gasteiger partial charge on any atom is -0.316 e. The topological polar surface area (TPSA) is 77.8 Å². The molecular weight excluding hydrogens is 242 g/mol. The summed E-state index contributed by atoms with van der Waals surface area (Å²) in [5.41, 5.74) is 1.38. The molecule has 3 rings (SSSR count). The van der Waals surface area contributed by atoms with Gasteiger partial charge < -0.3 is 15.3 Å². The maximum Gasteiger partial charge on any atom is 0.314 e. The van der Waals surface area contributed by atoms with Crippen LogP contribution in [-0.2, 0) is 6.42 Å². The van der Waals surface area contributed by atoms with Crippen molar-refractivity contribution in [2.24, 2.45) is 5.92 Å². The van der Waals surface area contributed by atoms with Crippen LogP contribution in [0, 0.1) is 5.92 Å². The lowest BCUT2D eigenvalue weighted by atomic mass is 9.92. The van der Waals surface area contributed by atoms with Gasteiger partial charge in [-0.3, -0.25) is 9.59 Å². The van der Waals surface area contributed by atoms with E-state index >= 15 is 0 Å². The Bertz CT molecular complexity index is 696. The van der Waals surface area contributed by atoms with Gasteiger partial charge in [0, 0.05) is 0 Å². The Morgan fingerprint density at radius 1 is 1.11 bits per heavy atom. The molecule has 1 aromatic carbocycles. The molecule has 0 aliphatic carbocycles. The van der Waals surface area contributed by atoms with E-state index in [9.17, 15) is 9.59 Å². The van der Waals surface area contributed by atoms with Crippen molar-refractivity contribution >= 4 is 11.0 Å². The van der Waals surface area contributed by atoms with Crippen LogP contribution in [0.5, 0.6) is 0 Å². The van der Waals surface area contributed by atoms with Crippen LogP contribution < -0.4 is 16.4 Å². The van der Waals surface area contributed by atoms with Gasteiger partial charge in [0.1, 0.15) is 0 Å². The van der Waals surface area contributed by atoms with Crippen molar-refractivity contribution in [3.05, 3.63) is 44.5 Å². The lowest BCUT2D eigenvalue weighted by Gasteiger charge is -2.22. The fraction of sp³-hybridized carbons (Fsp3) is 0.429. The van der Waals surface area contributed by atoms with Crippen molar-refractivity contribution in [2.45, 2.75) is 19.3 Å². The molecule has 1 saturated heterocycles. The number of aromatic nitrogens is 2. The molecule has 1 unspecified atom stereocenters. The molecule has 2 heterocycles. The number of fused-ring (bicyclic) bond motifs is 1. The molecule has 0 spiro atoms. The van der Waals surface area contributed by atoms with Crippen LogP contribution in [-0.4, -0.2) is 23.1 Å². The van der Waals surface area contributed by atoms with Gasteiger partial charge in [0.15, 0.2) is 0 Å². The predicted molar refractivity (Wildman–Crippen MR) is 74.5 cm³/mol. The Labute approximate surface area is 110 Å². The highest BCUT2D eigenvalue weighted by Crippen LogP contribution is 2.18. The highest BCUT2D eigenvalue weighted by Gasteiger charge is 2.13. The maximum atomic E-state index is 11.3. The summed E-state index contributed by atoms with van der Waals surface area (Å²) in [6.45, 7) is 2.17. The van der Waals surface area contributed by atoms with Crippen molar-refractivity contribution < 1.29 is 0 Å². The summed E-state index contributed by atoms with van der Waals surface area (Å²) in [5, 5.41) is 3.40. The molecule has 1 aliphatic rings. The molecule has 0 radical (unpaired) electrons. The van der Waals surface area contributed by atoms with Crippen molar-refractivity contribution in [2.75, 3.05) is 13.1 Å². The van der Waals surface area contributed by atoms with E-state index < -0.39 is 11.1 Å². The summed E-state index contributed by atoms with van der Waals surface area (Å²) in [7, 11) is 0. The summed E-state index contributed by atoms with van der Waals surface area (Å²) >= 11 is 0. The molecule has 0 amide bonds. The summed E-state index contributed by atoms with van der Waals surface area (Å²) in [4.78, 5) is 27.8. The van der Waals surface area contributed by atoms with Crippen molar-refractivity contribution in [1.82, 2.24) is 15.3 Å². The quantitative estimate of drug-likeness (QED) is 0.697. The fourth-order valence-corrected chi connectivity index (χ4v) is 2.72. The first-order valence-corrected chi connectivity index (χ1v) is 6.68. The largest absolute Gasteiger partial charge is 0.316 e. The molecule has 1 aliphatic heterocycles. The molecule has 0 saturated carbocycles. The lowest BCUT2D eigenvalue weighted by Crippen LogP contribution is -2.31. The molecule has 1 atom stereocenters. The van der Waals surface area contributed by atoms with Gasteiger partial charge in [0.2, 0.25) is 0 Å². The Kier molecular flexibility index (Phi) is 3.21. The number of hydrogen-bond donors (Lipinski definition) is 3. The van der Waals surface area contributed by atoms with Crippen molar-refractivity contribution in [3.8, 4) is 0 Å². The minimum absolute atomic E-state index is 0.594. The number of rotatable bonds is 2. The number of nitrogens with one attached hydrogen (secondary N) is 3. The SMILES string of the molecule is O=c1[nH]c2ccc(CC3CCCNC3)cc2[nH]c1=O. The highest BCUT2D eigenvalue weighted by atomic mass is 16.2. The number of benzene rings is 1. The Balaban J connectivity index is 1.90. The van der Waals surface area contributed by atoms with E-state index in [-0.39, 0.29) is 0 Å². The second kappa shape index (κ2) is 5.01. The summed E-state index contributed by atoms with van der Waals surface area (Å²) in [6, 6.07) is 5.84. The Morgan fingerprint density at radius 3 is 2.63 bits per heavy atom. The van der Waals surface area contributed by atoms with Crippen LogP contribution in [0.2, 0.25) is 0 Å². The number of H-pyrrole nitrogens is 2. The number of piperidine rings is 1. The monoisotopic (exact) mass is 259 g/mol. The van der Waals surface area contributed by atoms with E-state index in [1.165, 1.54) is 18.4 Å². The first kappa shape index (κ1) is 12.2. The molecule has 100 valence electrons. The first-order valence-electron chi connectivity index (χ1n) is 6.68. The molecule has 2 aromatic rings. The van der Waals surface area contributed by atoms with Crippen LogP contribution in [0.4, 0.5) is 0 Å². The molecule has 0 bridgehead atoms. The summed E-state index contributed by atoms with van der Waals surface area (Å²) in [6.07, 6.45) is 3.47. The molecule has 5 heteroatoms. The zero-order valence-corrected chi connectivity index (χ0v) is 10.7. The van der Waals surface area contributed by atoms with Gasteiger partial charge in [-0.1, -0.05) is 6.07 Å². The molecule has 3 N–H and O–H groups in total. The molecule has 19 heavy (non-hydrogen) atoms. The van der Waals surface area contributed by atoms with Gasteiger partial charge in [-0.25, -0.2) is 0 Å². The van der Waals surface area contributed by atoms with Crippen LogP contribution in [0.3, 0.4) is 0 Å². The third-order valence-electron chi connectivity index (χ3n) is 3.71. The van der Waals surface area contributed by atoms with Crippen molar-refractivity contribution in [1.29, 1.82) is 0 Å². The van der Waals surface area contributed by atoms with E-state index in [2.05, 4.69) is 15.3 Å². The second-order valence-electron chi connectivity index (χ2n) is 5.20. The number of hydrogen-bond acceptors (Lipinski definition) is 3. The zero-order chi connectivity index (χ0) is 13.2. The van der Waals surface area contributed by atoms with Crippen LogP contribution in [0.15, 0.2) is 27.8 Å². The minimum atomic E-state index is -0.600. The zero-order valence-electron chi connectivity index (χ0n) is 10.7. The van der Waals surface area contributed by atoms with Gasteiger partial charge in [-0.15, -0.1) is 0 Å². The van der Waals surface area contributed by atoms with Crippen LogP contribution >= 0.6 is 0 Å². The molecule has 1 fully saturated rings. The second-order valence-corrected chi connectivity index (χ2v) is 5.20. The highest BCUT2D eigenvalue weighted by molar-refractivity contribution is 5.74. The van der Waals surface area contributed by atoms with E-state index in [4.69, 9.17) is 0 Å². The third-order valence-corrected chi connectivity index (χ3v) is 3.71. The van der Waals surface area contributed by atoms with E-state index in [1.807, 2.05) is 18.2 Å². The maximum absolute atomic E-state index is 11.3. The van der Waals surface area contributed by atoms with E-state index in [0.717, 1.165) is 19.5 Å². The smallest absolute Gasteiger partial charge is 0.314 e. The number of aromatic amines is 2. The lowest BCUT2D eigenvalue weighted by molar-refractivity contribution is 0.376. The average Bonchev–Trinajstić information content (AvgIpc) is 2.42. The van der Waals surface area contributed by atoms with Gasteiger partial charge in [-0.2, -0.15) is 0 Å². The van der Waals surface area contributed by atoms with Crippen LogP contribution in [0.1, 0.15) is 18.4 Å². The predicted octanol–water partition coefficient (Wildman–Crippen LogP) is 0.758. The summed E-state index contributed by atoms with van der Waals surface area (Å²) in [5.74, 6) is 0.653. The van der Waals surface area contributed by atoms with Gasteiger partial charge in [-0.05, 0) is 56.0 Å². The molecule has 1 aromatic heterocycles. The van der Waals surface area contributed by atoms with Gasteiger partial charge >= 0.3 is 11.1 Å². The summed E-state index contributed by atoms with van der Waals surface area (Å²) < 4.78 is 0. The first-order chi connectivity index (χ1) is 9.22. The van der Waals surface area contributed by atoms with Crippen molar-refractivity contribution in [3.63, 3.8) is 0 Å². The Morgan fingerprint density at radius 2 is 1.89 bits per heavy atom. The standard InChI is InChI=1S/C14H17N3O2/c18-13-14(19)17-12-7-9(3-4-11(12)16-13)6-10-2-1-5-15-8-10/h3-4,7,10,15H,1-2,5-6,8H2,(H,16,18)(H,17,19). The third kappa shape index (κ3) is 2.61. The normalized spacial score (nSPS) is 19.7. The van der Waals surface area contributed by atoms with Gasteiger partial charge in [0.05, 0.1) is 11.0 Å². The van der Waals surface area contributed by atoms with E-state index in [1.54, 1.807) is 0 Å². The molecular formula is C14H17N3O2. The average molecular weight is 259 g/mol. The van der Waals surface area contributed by atoms with Gasteiger partial charge in [0.25, 0.3) is 0 Å². The van der Waals surface area contributed by atoms with Crippen LogP contribution in [0.25, 0.3) is 11.0 Å². The Hall–Kier alpha value is -1.88.